The van der Waals surface area contributed by atoms with Crippen LogP contribution in [0.25, 0.3) is 0 Å². The molecule has 0 fully saturated rings. The SMILES string of the molecule is CC(O)COP(C)OCCN(C)C. The monoisotopic (exact) mass is 209 g/mol. The van der Waals surface area contributed by atoms with Crippen LogP contribution in [0.4, 0.5) is 0 Å². The first kappa shape index (κ1) is 13.3. The summed E-state index contributed by atoms with van der Waals surface area (Å²) < 4.78 is 10.7. The van der Waals surface area contributed by atoms with Crippen LogP contribution in [0, 0.1) is 0 Å². The van der Waals surface area contributed by atoms with Gasteiger partial charge < -0.3 is 19.1 Å². The molecule has 0 aliphatic carbocycles. The lowest BCUT2D eigenvalue weighted by Crippen LogP contribution is -2.17. The molecule has 0 spiro atoms. The molecule has 0 radical (unpaired) electrons. The van der Waals surface area contributed by atoms with Crippen molar-refractivity contribution in [3.63, 3.8) is 0 Å². The molecule has 0 rings (SSSR count). The Morgan fingerprint density at radius 1 is 1.38 bits per heavy atom. The van der Waals surface area contributed by atoms with Crippen LogP contribution >= 0.6 is 8.38 Å². The summed E-state index contributed by atoms with van der Waals surface area (Å²) in [6, 6.07) is 0. The van der Waals surface area contributed by atoms with Gasteiger partial charge in [0.05, 0.1) is 19.3 Å². The number of hydrogen-bond acceptors (Lipinski definition) is 4. The number of aliphatic hydroxyl groups excluding tert-OH is 1. The van der Waals surface area contributed by atoms with Gasteiger partial charge in [-0.2, -0.15) is 0 Å². The summed E-state index contributed by atoms with van der Waals surface area (Å²) in [6.45, 7) is 5.51. The molecule has 13 heavy (non-hydrogen) atoms. The van der Waals surface area contributed by atoms with Crippen molar-refractivity contribution in [1.82, 2.24) is 4.90 Å². The standard InChI is InChI=1S/C8H20NO3P/c1-8(10)7-12-13(4)11-6-5-9(2)3/h8,10H,5-7H2,1-4H3. The third kappa shape index (κ3) is 10.2. The van der Waals surface area contributed by atoms with E-state index in [2.05, 4.69) is 4.90 Å². The highest BCUT2D eigenvalue weighted by Crippen LogP contribution is 2.32. The van der Waals surface area contributed by atoms with E-state index in [1.54, 1.807) is 6.92 Å². The predicted molar refractivity (Wildman–Crippen MR) is 55.0 cm³/mol. The van der Waals surface area contributed by atoms with Crippen LogP contribution in [0.15, 0.2) is 0 Å². The van der Waals surface area contributed by atoms with Crippen molar-refractivity contribution in [3.8, 4) is 0 Å². The molecule has 2 atom stereocenters. The highest BCUT2D eigenvalue weighted by atomic mass is 31.2. The van der Waals surface area contributed by atoms with E-state index >= 15 is 0 Å². The maximum Gasteiger partial charge on any atom is 0.167 e. The van der Waals surface area contributed by atoms with E-state index in [0.717, 1.165) is 6.54 Å². The van der Waals surface area contributed by atoms with E-state index in [9.17, 15) is 0 Å². The molecule has 0 aromatic carbocycles. The van der Waals surface area contributed by atoms with E-state index < -0.39 is 14.5 Å². The molecular weight excluding hydrogens is 189 g/mol. The molecule has 5 heteroatoms. The highest BCUT2D eigenvalue weighted by molar-refractivity contribution is 7.46. The van der Waals surface area contributed by atoms with Gasteiger partial charge >= 0.3 is 0 Å². The van der Waals surface area contributed by atoms with E-state index in [-0.39, 0.29) is 0 Å². The third-order valence-corrected chi connectivity index (χ3v) is 2.37. The topological polar surface area (TPSA) is 41.9 Å². The molecule has 0 aromatic heterocycles. The Morgan fingerprint density at radius 3 is 2.46 bits per heavy atom. The van der Waals surface area contributed by atoms with Gasteiger partial charge in [0.15, 0.2) is 8.38 Å². The minimum Gasteiger partial charge on any atom is -0.391 e. The van der Waals surface area contributed by atoms with Gasteiger partial charge in [-0.15, -0.1) is 0 Å². The van der Waals surface area contributed by atoms with Crippen LogP contribution in [0.1, 0.15) is 6.92 Å². The molecule has 0 saturated carbocycles. The molecule has 0 heterocycles. The van der Waals surface area contributed by atoms with Gasteiger partial charge in [0.2, 0.25) is 0 Å². The molecule has 4 nitrogen and oxygen atoms in total. The predicted octanol–water partition coefficient (Wildman–Crippen LogP) is 0.904. The van der Waals surface area contributed by atoms with Crippen LogP contribution in [0.2, 0.25) is 0 Å². The van der Waals surface area contributed by atoms with Gasteiger partial charge in [-0.3, -0.25) is 0 Å². The second kappa shape index (κ2) is 7.65. The molecule has 0 aliphatic rings. The van der Waals surface area contributed by atoms with Gasteiger partial charge in [0, 0.05) is 13.2 Å². The second-order valence-electron chi connectivity index (χ2n) is 3.22. The molecular formula is C8H20NO3P. The maximum atomic E-state index is 8.94. The largest absolute Gasteiger partial charge is 0.391 e. The zero-order valence-corrected chi connectivity index (χ0v) is 9.75. The Labute approximate surface area is 81.7 Å². The second-order valence-corrected chi connectivity index (χ2v) is 4.62. The molecule has 80 valence electrons. The minimum atomic E-state index is -0.830. The Morgan fingerprint density at radius 2 is 2.00 bits per heavy atom. The van der Waals surface area contributed by atoms with Crippen molar-refractivity contribution >= 4 is 8.38 Å². The van der Waals surface area contributed by atoms with Crippen molar-refractivity contribution in [1.29, 1.82) is 0 Å². The number of rotatable bonds is 7. The van der Waals surface area contributed by atoms with E-state index in [0.29, 0.717) is 13.2 Å². The first-order valence-corrected chi connectivity index (χ1v) is 5.97. The minimum absolute atomic E-state index is 0.351. The van der Waals surface area contributed by atoms with Crippen LogP contribution < -0.4 is 0 Å². The molecule has 0 aromatic rings. The van der Waals surface area contributed by atoms with Gasteiger partial charge in [0.1, 0.15) is 0 Å². The van der Waals surface area contributed by atoms with Gasteiger partial charge in [-0.05, 0) is 21.0 Å². The van der Waals surface area contributed by atoms with E-state index in [1.165, 1.54) is 0 Å². The first-order valence-electron chi connectivity index (χ1n) is 4.34. The molecule has 0 aliphatic heterocycles. The van der Waals surface area contributed by atoms with Crippen LogP contribution in [-0.4, -0.2) is 56.6 Å². The summed E-state index contributed by atoms with van der Waals surface area (Å²) >= 11 is 0. The number of hydrogen-bond donors (Lipinski definition) is 1. The molecule has 2 unspecified atom stereocenters. The fraction of sp³-hybridized carbons (Fsp3) is 1.00. The summed E-state index contributed by atoms with van der Waals surface area (Å²) in [5, 5.41) is 8.94. The van der Waals surface area contributed by atoms with E-state index in [4.69, 9.17) is 14.2 Å². The van der Waals surface area contributed by atoms with Crippen LogP contribution in [-0.2, 0) is 9.05 Å². The van der Waals surface area contributed by atoms with Crippen molar-refractivity contribution in [2.24, 2.45) is 0 Å². The smallest absolute Gasteiger partial charge is 0.167 e. The molecule has 1 N–H and O–H groups in total. The number of nitrogens with zero attached hydrogens (tertiary/aromatic N) is 1. The quantitative estimate of drug-likeness (QED) is 0.633. The van der Waals surface area contributed by atoms with Gasteiger partial charge in [-0.25, -0.2) is 0 Å². The maximum absolute atomic E-state index is 8.94. The Kier molecular flexibility index (Phi) is 7.81. The molecule has 0 saturated heterocycles. The summed E-state index contributed by atoms with van der Waals surface area (Å²) in [5.41, 5.74) is 0. The lowest BCUT2D eigenvalue weighted by molar-refractivity contribution is 0.117. The summed E-state index contributed by atoms with van der Waals surface area (Å²) in [6.07, 6.45) is -0.414. The third-order valence-electron chi connectivity index (χ3n) is 1.31. The zero-order chi connectivity index (χ0) is 10.3. The number of likely N-dealkylation sites (N-methyl/N-ethyl adjacent to an activating group) is 1. The first-order chi connectivity index (χ1) is 6.02. The molecule has 0 amide bonds. The average Bonchev–Trinajstić information content (AvgIpc) is 2.00. The highest BCUT2D eigenvalue weighted by Gasteiger charge is 2.04. The summed E-state index contributed by atoms with van der Waals surface area (Å²) in [4.78, 5) is 2.05. The van der Waals surface area contributed by atoms with Crippen LogP contribution in [0.5, 0.6) is 0 Å². The van der Waals surface area contributed by atoms with E-state index in [1.807, 2.05) is 20.8 Å². The van der Waals surface area contributed by atoms with Crippen molar-refractivity contribution < 1.29 is 14.2 Å². The summed E-state index contributed by atoms with van der Waals surface area (Å²) in [7, 11) is 3.17. The van der Waals surface area contributed by atoms with Crippen molar-refractivity contribution in [2.45, 2.75) is 13.0 Å². The normalized spacial score (nSPS) is 16.2. The van der Waals surface area contributed by atoms with Crippen molar-refractivity contribution in [2.75, 3.05) is 40.5 Å². The van der Waals surface area contributed by atoms with Crippen LogP contribution in [0.3, 0.4) is 0 Å². The Bertz CT molecular complexity index is 122. The lowest BCUT2D eigenvalue weighted by atomic mass is 10.5. The fourth-order valence-corrected chi connectivity index (χ4v) is 1.44. The lowest BCUT2D eigenvalue weighted by Gasteiger charge is -2.15. The van der Waals surface area contributed by atoms with Gasteiger partial charge in [-0.1, -0.05) is 0 Å². The Balaban J connectivity index is 3.25. The van der Waals surface area contributed by atoms with Gasteiger partial charge in [0.25, 0.3) is 0 Å². The number of aliphatic hydroxyl groups is 1. The van der Waals surface area contributed by atoms with Crippen molar-refractivity contribution in [3.05, 3.63) is 0 Å². The zero-order valence-electron chi connectivity index (χ0n) is 8.86. The summed E-state index contributed by atoms with van der Waals surface area (Å²) in [5.74, 6) is 0. The fourth-order valence-electron chi connectivity index (χ4n) is 0.602. The Hall–Kier alpha value is 0.270. The average molecular weight is 209 g/mol. The molecule has 0 bridgehead atoms.